The van der Waals surface area contributed by atoms with Crippen molar-refractivity contribution in [3.8, 4) is 0 Å². The number of hydrogen-bond acceptors (Lipinski definition) is 5. The van der Waals surface area contributed by atoms with Crippen LogP contribution in [0.3, 0.4) is 0 Å². The summed E-state index contributed by atoms with van der Waals surface area (Å²) in [5, 5.41) is 14.2. The number of aryl methyl sites for hydroxylation is 2. The van der Waals surface area contributed by atoms with Crippen molar-refractivity contribution in [2.24, 2.45) is 0 Å². The molecule has 1 heterocycles. The van der Waals surface area contributed by atoms with Crippen LogP contribution in [-0.2, 0) is 6.42 Å². The van der Waals surface area contributed by atoms with Gasteiger partial charge in [0.25, 0.3) is 0 Å². The molecule has 1 aromatic carbocycles. The van der Waals surface area contributed by atoms with Crippen molar-refractivity contribution in [1.29, 1.82) is 0 Å². The van der Waals surface area contributed by atoms with E-state index in [0.29, 0.717) is 18.3 Å². The molecule has 104 valence electrons. The fraction of sp³-hybridized carbons (Fsp3) is 0.267. The van der Waals surface area contributed by atoms with E-state index in [1.54, 1.807) is 12.3 Å². The van der Waals surface area contributed by atoms with E-state index in [-0.39, 0.29) is 0 Å². The third kappa shape index (κ3) is 3.32. The van der Waals surface area contributed by atoms with Gasteiger partial charge in [-0.05, 0) is 24.5 Å². The van der Waals surface area contributed by atoms with Crippen LogP contribution in [0.25, 0.3) is 0 Å². The standard InChI is InChI=1S/C15H19N5/c1-4-9-16-15-19-13(10-17-20-15)18-14-11(3)7-6-8-12(14)5-2/h4,6-8,10H,1,5,9H2,2-3H3,(H2,16,18,19,20). The molecule has 0 spiro atoms. The van der Waals surface area contributed by atoms with Gasteiger partial charge in [0, 0.05) is 12.2 Å². The quantitative estimate of drug-likeness (QED) is 0.789. The Labute approximate surface area is 119 Å². The molecule has 0 fully saturated rings. The summed E-state index contributed by atoms with van der Waals surface area (Å²) in [7, 11) is 0. The average Bonchev–Trinajstić information content (AvgIpc) is 2.47. The fourth-order valence-corrected chi connectivity index (χ4v) is 1.93. The highest BCUT2D eigenvalue weighted by molar-refractivity contribution is 5.64. The summed E-state index contributed by atoms with van der Waals surface area (Å²) in [6.07, 6.45) is 4.33. The van der Waals surface area contributed by atoms with Crippen molar-refractivity contribution in [1.82, 2.24) is 15.2 Å². The summed E-state index contributed by atoms with van der Waals surface area (Å²) in [6.45, 7) is 8.46. The normalized spacial score (nSPS) is 10.1. The van der Waals surface area contributed by atoms with Gasteiger partial charge in [-0.2, -0.15) is 10.1 Å². The number of anilines is 3. The highest BCUT2D eigenvalue weighted by Gasteiger charge is 2.06. The largest absolute Gasteiger partial charge is 0.349 e. The molecular formula is C15H19N5. The first-order valence-electron chi connectivity index (χ1n) is 6.64. The van der Waals surface area contributed by atoms with Crippen LogP contribution < -0.4 is 10.6 Å². The van der Waals surface area contributed by atoms with E-state index >= 15 is 0 Å². The second-order valence-corrected chi connectivity index (χ2v) is 4.42. The van der Waals surface area contributed by atoms with E-state index in [0.717, 1.165) is 12.1 Å². The maximum atomic E-state index is 4.38. The van der Waals surface area contributed by atoms with E-state index < -0.39 is 0 Å². The van der Waals surface area contributed by atoms with Crippen LogP contribution in [0, 0.1) is 6.92 Å². The summed E-state index contributed by atoms with van der Waals surface area (Å²) < 4.78 is 0. The van der Waals surface area contributed by atoms with Crippen molar-refractivity contribution in [3.63, 3.8) is 0 Å². The predicted molar refractivity (Wildman–Crippen MR) is 82.4 cm³/mol. The summed E-state index contributed by atoms with van der Waals surface area (Å²) >= 11 is 0. The molecule has 0 unspecified atom stereocenters. The minimum Gasteiger partial charge on any atom is -0.349 e. The van der Waals surface area contributed by atoms with Gasteiger partial charge in [-0.15, -0.1) is 11.7 Å². The van der Waals surface area contributed by atoms with Crippen LogP contribution in [0.5, 0.6) is 0 Å². The van der Waals surface area contributed by atoms with Gasteiger partial charge in [0.15, 0.2) is 5.82 Å². The SMILES string of the molecule is C=CCNc1nncc(Nc2c(C)cccc2CC)n1. The molecule has 0 aliphatic rings. The van der Waals surface area contributed by atoms with Crippen molar-refractivity contribution in [3.05, 3.63) is 48.2 Å². The first-order valence-corrected chi connectivity index (χ1v) is 6.64. The first kappa shape index (κ1) is 14.0. The molecule has 20 heavy (non-hydrogen) atoms. The Morgan fingerprint density at radius 3 is 2.95 bits per heavy atom. The Bertz CT molecular complexity index is 595. The van der Waals surface area contributed by atoms with Gasteiger partial charge < -0.3 is 10.6 Å². The Hall–Kier alpha value is -2.43. The van der Waals surface area contributed by atoms with Crippen LogP contribution in [-0.4, -0.2) is 21.7 Å². The molecule has 0 atom stereocenters. The zero-order chi connectivity index (χ0) is 14.4. The Morgan fingerprint density at radius 1 is 1.35 bits per heavy atom. The molecule has 2 rings (SSSR count). The van der Waals surface area contributed by atoms with Crippen LogP contribution in [0.2, 0.25) is 0 Å². The van der Waals surface area contributed by atoms with Gasteiger partial charge in [0.1, 0.15) is 0 Å². The van der Waals surface area contributed by atoms with E-state index in [1.165, 1.54) is 11.1 Å². The zero-order valence-corrected chi connectivity index (χ0v) is 11.8. The molecule has 0 aliphatic heterocycles. The number of nitrogens with zero attached hydrogens (tertiary/aromatic N) is 3. The molecule has 2 N–H and O–H groups in total. The topological polar surface area (TPSA) is 62.7 Å². The third-order valence-corrected chi connectivity index (χ3v) is 2.96. The van der Waals surface area contributed by atoms with Crippen molar-refractivity contribution in [2.75, 3.05) is 17.2 Å². The predicted octanol–water partition coefficient (Wildman–Crippen LogP) is 3.08. The Kier molecular flexibility index (Phi) is 4.65. The second kappa shape index (κ2) is 6.65. The fourth-order valence-electron chi connectivity index (χ4n) is 1.93. The summed E-state index contributed by atoms with van der Waals surface area (Å²) in [4.78, 5) is 4.38. The number of para-hydroxylation sites is 1. The Morgan fingerprint density at radius 2 is 2.20 bits per heavy atom. The van der Waals surface area contributed by atoms with Gasteiger partial charge in [-0.25, -0.2) is 0 Å². The molecule has 0 aliphatic carbocycles. The van der Waals surface area contributed by atoms with E-state index in [4.69, 9.17) is 0 Å². The average molecular weight is 269 g/mol. The first-order chi connectivity index (χ1) is 9.74. The molecule has 2 aromatic rings. The highest BCUT2D eigenvalue weighted by Crippen LogP contribution is 2.24. The van der Waals surface area contributed by atoms with E-state index in [2.05, 4.69) is 64.4 Å². The van der Waals surface area contributed by atoms with Gasteiger partial charge in [-0.3, -0.25) is 0 Å². The molecule has 0 radical (unpaired) electrons. The lowest BCUT2D eigenvalue weighted by Crippen LogP contribution is -2.07. The van der Waals surface area contributed by atoms with Crippen LogP contribution in [0.15, 0.2) is 37.1 Å². The zero-order valence-electron chi connectivity index (χ0n) is 11.8. The molecular weight excluding hydrogens is 250 g/mol. The molecule has 0 bridgehead atoms. The monoisotopic (exact) mass is 269 g/mol. The highest BCUT2D eigenvalue weighted by atomic mass is 15.3. The minimum atomic E-state index is 0.488. The number of benzene rings is 1. The lowest BCUT2D eigenvalue weighted by Gasteiger charge is -2.13. The molecule has 1 aromatic heterocycles. The summed E-state index contributed by atoms with van der Waals surface area (Å²) in [5.74, 6) is 1.16. The molecule has 0 saturated heterocycles. The maximum absolute atomic E-state index is 4.38. The summed E-state index contributed by atoms with van der Waals surface area (Å²) in [6, 6.07) is 6.25. The van der Waals surface area contributed by atoms with Crippen LogP contribution in [0.1, 0.15) is 18.1 Å². The number of nitrogens with one attached hydrogen (secondary N) is 2. The number of aromatic nitrogens is 3. The van der Waals surface area contributed by atoms with Crippen LogP contribution in [0.4, 0.5) is 17.5 Å². The van der Waals surface area contributed by atoms with E-state index in [1.807, 2.05) is 0 Å². The molecule has 0 amide bonds. The lowest BCUT2D eigenvalue weighted by molar-refractivity contribution is 0.966. The van der Waals surface area contributed by atoms with Crippen molar-refractivity contribution in [2.45, 2.75) is 20.3 Å². The lowest BCUT2D eigenvalue weighted by atomic mass is 10.1. The minimum absolute atomic E-state index is 0.488. The van der Waals surface area contributed by atoms with E-state index in [9.17, 15) is 0 Å². The Balaban J connectivity index is 2.23. The smallest absolute Gasteiger partial charge is 0.244 e. The van der Waals surface area contributed by atoms with Gasteiger partial charge in [0.05, 0.1) is 6.20 Å². The molecule has 5 nitrogen and oxygen atoms in total. The number of rotatable bonds is 6. The van der Waals surface area contributed by atoms with Crippen molar-refractivity contribution >= 4 is 17.5 Å². The van der Waals surface area contributed by atoms with Gasteiger partial charge in [-0.1, -0.05) is 31.2 Å². The summed E-state index contributed by atoms with van der Waals surface area (Å²) in [5.41, 5.74) is 3.53. The maximum Gasteiger partial charge on any atom is 0.244 e. The van der Waals surface area contributed by atoms with Crippen LogP contribution >= 0.6 is 0 Å². The number of hydrogen-bond donors (Lipinski definition) is 2. The third-order valence-electron chi connectivity index (χ3n) is 2.96. The molecule has 5 heteroatoms. The molecule has 0 saturated carbocycles. The second-order valence-electron chi connectivity index (χ2n) is 4.42. The van der Waals surface area contributed by atoms with Gasteiger partial charge >= 0.3 is 0 Å². The van der Waals surface area contributed by atoms with Gasteiger partial charge in [0.2, 0.25) is 5.95 Å². The van der Waals surface area contributed by atoms with Crippen molar-refractivity contribution < 1.29 is 0 Å².